The van der Waals surface area contributed by atoms with E-state index < -0.39 is 5.54 Å². The van der Waals surface area contributed by atoms with Gasteiger partial charge in [0.1, 0.15) is 5.54 Å². The van der Waals surface area contributed by atoms with Crippen LogP contribution < -0.4 is 5.32 Å². The molecule has 2 fully saturated rings. The first-order valence-electron chi connectivity index (χ1n) is 8.06. The van der Waals surface area contributed by atoms with Crippen molar-refractivity contribution in [1.82, 2.24) is 10.2 Å². The van der Waals surface area contributed by atoms with Crippen molar-refractivity contribution in [2.75, 3.05) is 20.2 Å². The van der Waals surface area contributed by atoms with Gasteiger partial charge < -0.3 is 4.74 Å². The van der Waals surface area contributed by atoms with E-state index in [2.05, 4.69) is 24.1 Å². The summed E-state index contributed by atoms with van der Waals surface area (Å²) in [5, 5.41) is 3.42. The number of methoxy groups -OCH3 is 1. The minimum atomic E-state index is -0.604. The van der Waals surface area contributed by atoms with Crippen molar-refractivity contribution < 1.29 is 9.53 Å². The molecule has 2 rings (SSSR count). The van der Waals surface area contributed by atoms with Crippen molar-refractivity contribution >= 4 is 5.97 Å². The summed E-state index contributed by atoms with van der Waals surface area (Å²) in [6.45, 7) is 8.02. The predicted molar refractivity (Wildman–Crippen MR) is 80.6 cm³/mol. The first-order valence-corrected chi connectivity index (χ1v) is 8.06. The van der Waals surface area contributed by atoms with Crippen molar-refractivity contribution in [1.29, 1.82) is 0 Å². The maximum atomic E-state index is 12.2. The Morgan fingerprint density at radius 1 is 1.35 bits per heavy atom. The molecule has 20 heavy (non-hydrogen) atoms. The Hall–Kier alpha value is -0.610. The molecule has 4 nitrogen and oxygen atoms in total. The summed E-state index contributed by atoms with van der Waals surface area (Å²) < 4.78 is 5.04. The number of likely N-dealkylation sites (tertiary alicyclic amines) is 1. The Bertz CT molecular complexity index is 345. The molecule has 1 saturated heterocycles. The van der Waals surface area contributed by atoms with Gasteiger partial charge in [0.2, 0.25) is 0 Å². The van der Waals surface area contributed by atoms with Crippen molar-refractivity contribution in [3.05, 3.63) is 0 Å². The van der Waals surface area contributed by atoms with Crippen LogP contribution in [0.1, 0.15) is 52.9 Å². The van der Waals surface area contributed by atoms with E-state index in [1.807, 2.05) is 6.92 Å². The van der Waals surface area contributed by atoms with Crippen LogP contribution in [0.5, 0.6) is 0 Å². The van der Waals surface area contributed by atoms with E-state index >= 15 is 0 Å². The second-order valence-electron chi connectivity index (χ2n) is 6.99. The first kappa shape index (κ1) is 15.8. The molecule has 0 bridgehead atoms. The summed E-state index contributed by atoms with van der Waals surface area (Å²) in [4.78, 5) is 14.8. The number of nitrogens with zero attached hydrogens (tertiary/aromatic N) is 1. The molecule has 0 aromatic rings. The van der Waals surface area contributed by atoms with Crippen molar-refractivity contribution in [3.8, 4) is 0 Å². The number of fused-ring (bicyclic) bond motifs is 1. The second kappa shape index (κ2) is 6.44. The normalized spacial score (nSPS) is 30.1. The van der Waals surface area contributed by atoms with E-state index in [4.69, 9.17) is 4.74 Å². The molecule has 3 atom stereocenters. The van der Waals surface area contributed by atoms with Gasteiger partial charge in [-0.3, -0.25) is 15.0 Å². The molecular formula is C16H30N2O2. The maximum absolute atomic E-state index is 12.2. The summed E-state index contributed by atoms with van der Waals surface area (Å²) in [6, 6.07) is 0.949. The standard InChI is InChI=1S/C16H30N2O2/c1-12(2)17-16(3,15(19)20-4)11-18-10-6-8-13-7-5-9-14(13)18/h12-14,17H,5-11H2,1-4H3. The molecule has 0 radical (unpaired) electrons. The van der Waals surface area contributed by atoms with Gasteiger partial charge >= 0.3 is 5.97 Å². The third-order valence-corrected chi connectivity index (χ3v) is 4.87. The fraction of sp³-hybridized carbons (Fsp3) is 0.938. The van der Waals surface area contributed by atoms with Gasteiger partial charge in [-0.05, 0) is 58.9 Å². The molecule has 2 aliphatic rings. The van der Waals surface area contributed by atoms with Crippen LogP contribution in [0.15, 0.2) is 0 Å². The molecule has 1 heterocycles. The fourth-order valence-electron chi connectivity index (χ4n) is 4.19. The lowest BCUT2D eigenvalue weighted by Crippen LogP contribution is -2.61. The summed E-state index contributed by atoms with van der Waals surface area (Å²) in [6.07, 6.45) is 6.64. The Labute approximate surface area is 123 Å². The van der Waals surface area contributed by atoms with Crippen LogP contribution in [0.25, 0.3) is 0 Å². The highest BCUT2D eigenvalue weighted by molar-refractivity contribution is 5.80. The monoisotopic (exact) mass is 282 g/mol. The highest BCUT2D eigenvalue weighted by Crippen LogP contribution is 2.37. The number of ether oxygens (including phenoxy) is 1. The van der Waals surface area contributed by atoms with Gasteiger partial charge in [0.25, 0.3) is 0 Å². The van der Waals surface area contributed by atoms with Crippen molar-refractivity contribution in [2.24, 2.45) is 5.92 Å². The Morgan fingerprint density at radius 2 is 2.05 bits per heavy atom. The molecular weight excluding hydrogens is 252 g/mol. The number of hydrogen-bond donors (Lipinski definition) is 1. The lowest BCUT2D eigenvalue weighted by molar-refractivity contribution is -0.149. The van der Waals surface area contributed by atoms with Gasteiger partial charge in [-0.25, -0.2) is 0 Å². The van der Waals surface area contributed by atoms with Gasteiger partial charge in [0.15, 0.2) is 0 Å². The van der Waals surface area contributed by atoms with Crippen LogP contribution in [0, 0.1) is 5.92 Å². The third-order valence-electron chi connectivity index (χ3n) is 4.87. The predicted octanol–water partition coefficient (Wildman–Crippen LogP) is 2.18. The van der Waals surface area contributed by atoms with Crippen molar-refractivity contribution in [2.45, 2.75) is 70.5 Å². The molecule has 0 aromatic heterocycles. The summed E-state index contributed by atoms with van der Waals surface area (Å²) >= 11 is 0. The molecule has 1 aliphatic heterocycles. The number of piperidine rings is 1. The minimum Gasteiger partial charge on any atom is -0.468 e. The van der Waals surface area contributed by atoms with Crippen LogP contribution >= 0.6 is 0 Å². The molecule has 0 aromatic carbocycles. The number of carbonyl (C=O) groups is 1. The van der Waals surface area contributed by atoms with E-state index in [0.29, 0.717) is 6.04 Å². The molecule has 116 valence electrons. The largest absolute Gasteiger partial charge is 0.468 e. The Morgan fingerprint density at radius 3 is 2.70 bits per heavy atom. The molecule has 1 saturated carbocycles. The number of esters is 1. The van der Waals surface area contributed by atoms with Crippen molar-refractivity contribution in [3.63, 3.8) is 0 Å². The molecule has 1 N–H and O–H groups in total. The van der Waals surface area contributed by atoms with E-state index in [9.17, 15) is 4.79 Å². The van der Waals surface area contributed by atoms with E-state index in [0.717, 1.165) is 19.0 Å². The van der Waals surface area contributed by atoms with E-state index in [-0.39, 0.29) is 12.0 Å². The highest BCUT2D eigenvalue weighted by Gasteiger charge is 2.42. The fourth-order valence-corrected chi connectivity index (χ4v) is 4.19. The number of carbonyl (C=O) groups excluding carboxylic acids is 1. The van der Waals surface area contributed by atoms with Crippen LogP contribution in [0.2, 0.25) is 0 Å². The van der Waals surface area contributed by atoms with Gasteiger partial charge in [-0.15, -0.1) is 0 Å². The molecule has 1 aliphatic carbocycles. The average Bonchev–Trinajstić information content (AvgIpc) is 2.86. The molecule has 4 heteroatoms. The summed E-state index contributed by atoms with van der Waals surface area (Å²) in [5.74, 6) is 0.705. The van der Waals surface area contributed by atoms with Crippen LogP contribution in [0.3, 0.4) is 0 Å². The topological polar surface area (TPSA) is 41.6 Å². The first-order chi connectivity index (χ1) is 9.46. The highest BCUT2D eigenvalue weighted by atomic mass is 16.5. The number of nitrogens with one attached hydrogen (secondary N) is 1. The minimum absolute atomic E-state index is 0.147. The van der Waals surface area contributed by atoms with Crippen LogP contribution in [0.4, 0.5) is 0 Å². The third kappa shape index (κ3) is 3.34. The lowest BCUT2D eigenvalue weighted by Gasteiger charge is -2.43. The molecule has 3 unspecified atom stereocenters. The van der Waals surface area contributed by atoms with Crippen LogP contribution in [-0.4, -0.2) is 48.7 Å². The molecule has 0 amide bonds. The van der Waals surface area contributed by atoms with Gasteiger partial charge in [-0.2, -0.15) is 0 Å². The summed E-state index contributed by atoms with van der Waals surface area (Å²) in [5.41, 5.74) is -0.604. The number of rotatable bonds is 5. The maximum Gasteiger partial charge on any atom is 0.327 e. The Kier molecular flexibility index (Phi) is 5.08. The SMILES string of the molecule is COC(=O)C(C)(CN1CCCC2CCCC21)NC(C)C. The smallest absolute Gasteiger partial charge is 0.327 e. The second-order valence-corrected chi connectivity index (χ2v) is 6.99. The Balaban J connectivity index is 2.08. The van der Waals surface area contributed by atoms with Crippen LogP contribution in [-0.2, 0) is 9.53 Å². The van der Waals surface area contributed by atoms with E-state index in [1.54, 1.807) is 0 Å². The summed E-state index contributed by atoms with van der Waals surface area (Å²) in [7, 11) is 1.48. The van der Waals surface area contributed by atoms with Gasteiger partial charge in [-0.1, -0.05) is 6.42 Å². The number of hydrogen-bond acceptors (Lipinski definition) is 4. The quantitative estimate of drug-likeness (QED) is 0.785. The van der Waals surface area contributed by atoms with E-state index in [1.165, 1.54) is 39.2 Å². The van der Waals surface area contributed by atoms with Gasteiger partial charge in [0, 0.05) is 18.6 Å². The zero-order valence-corrected chi connectivity index (χ0v) is 13.4. The average molecular weight is 282 g/mol. The molecule has 0 spiro atoms. The zero-order chi connectivity index (χ0) is 14.8. The van der Waals surface area contributed by atoms with Gasteiger partial charge in [0.05, 0.1) is 7.11 Å². The lowest BCUT2D eigenvalue weighted by atomic mass is 9.89. The zero-order valence-electron chi connectivity index (χ0n) is 13.4.